The number of benzene rings is 2. The summed E-state index contributed by atoms with van der Waals surface area (Å²) >= 11 is 0. The molecule has 0 bridgehead atoms. The van der Waals surface area contributed by atoms with Crippen molar-refractivity contribution < 1.29 is 17.6 Å². The molecule has 2 atom stereocenters. The van der Waals surface area contributed by atoms with Crippen LogP contribution in [0.3, 0.4) is 0 Å². The molecule has 158 valence electrons. The van der Waals surface area contributed by atoms with Crippen molar-refractivity contribution in [3.63, 3.8) is 0 Å². The van der Waals surface area contributed by atoms with Crippen LogP contribution in [0.1, 0.15) is 30.7 Å². The molecule has 0 radical (unpaired) electrons. The van der Waals surface area contributed by atoms with E-state index in [1.165, 1.54) is 0 Å². The van der Waals surface area contributed by atoms with E-state index in [4.69, 9.17) is 4.42 Å². The predicted octanol–water partition coefficient (Wildman–Crippen LogP) is 3.30. The van der Waals surface area contributed by atoms with Gasteiger partial charge in [-0.1, -0.05) is 42.5 Å². The SMILES string of the molecule is C[C@H](NC(=O)CN(Cc1ccco1)[C@@H]1CCS(=O)(=O)C1)c1cccc2ccccc12. The highest BCUT2D eigenvalue weighted by Gasteiger charge is 2.33. The summed E-state index contributed by atoms with van der Waals surface area (Å²) in [5.41, 5.74) is 1.06. The number of fused-ring (bicyclic) bond motifs is 1. The van der Waals surface area contributed by atoms with E-state index in [2.05, 4.69) is 23.5 Å². The lowest BCUT2D eigenvalue weighted by molar-refractivity contribution is -0.123. The Morgan fingerprint density at radius 2 is 1.97 bits per heavy atom. The van der Waals surface area contributed by atoms with Crippen molar-refractivity contribution in [3.8, 4) is 0 Å². The maximum absolute atomic E-state index is 12.9. The van der Waals surface area contributed by atoms with Gasteiger partial charge in [0.05, 0.1) is 36.9 Å². The molecule has 1 saturated heterocycles. The Hall–Kier alpha value is -2.64. The summed E-state index contributed by atoms with van der Waals surface area (Å²) < 4.78 is 29.4. The van der Waals surface area contributed by atoms with E-state index in [0.29, 0.717) is 18.7 Å². The predicted molar refractivity (Wildman–Crippen MR) is 117 cm³/mol. The Labute approximate surface area is 176 Å². The van der Waals surface area contributed by atoms with Gasteiger partial charge in [-0.15, -0.1) is 0 Å². The average Bonchev–Trinajstić information content (AvgIpc) is 3.36. The van der Waals surface area contributed by atoms with Crippen LogP contribution in [0.25, 0.3) is 10.8 Å². The van der Waals surface area contributed by atoms with E-state index in [0.717, 1.165) is 16.3 Å². The lowest BCUT2D eigenvalue weighted by Crippen LogP contribution is -2.43. The van der Waals surface area contributed by atoms with Gasteiger partial charge in [0.2, 0.25) is 5.91 Å². The van der Waals surface area contributed by atoms with Gasteiger partial charge in [0.25, 0.3) is 0 Å². The molecular weight excluding hydrogens is 400 g/mol. The molecule has 30 heavy (non-hydrogen) atoms. The molecule has 0 unspecified atom stereocenters. The third-order valence-corrected chi connectivity index (χ3v) is 7.43. The monoisotopic (exact) mass is 426 g/mol. The number of hydrogen-bond acceptors (Lipinski definition) is 5. The number of sulfone groups is 1. The van der Waals surface area contributed by atoms with Crippen LogP contribution in [0.4, 0.5) is 0 Å². The standard InChI is InChI=1S/C23H26N2O4S/c1-17(21-10-4-7-18-6-2-3-9-22(18)21)24-23(26)15-25(14-20-8-5-12-29-20)19-11-13-30(27,28)16-19/h2-10,12,17,19H,11,13-16H2,1H3,(H,24,26)/t17-,19+/m0/s1. The molecule has 0 saturated carbocycles. The molecule has 1 aromatic heterocycles. The van der Waals surface area contributed by atoms with Crippen molar-refractivity contribution in [2.75, 3.05) is 18.1 Å². The maximum atomic E-state index is 12.9. The largest absolute Gasteiger partial charge is 0.468 e. The fourth-order valence-corrected chi connectivity index (χ4v) is 5.92. The van der Waals surface area contributed by atoms with Gasteiger partial charge in [-0.3, -0.25) is 9.69 Å². The summed E-state index contributed by atoms with van der Waals surface area (Å²) in [6.07, 6.45) is 2.12. The molecule has 4 rings (SSSR count). The van der Waals surface area contributed by atoms with E-state index in [-0.39, 0.29) is 36.0 Å². The van der Waals surface area contributed by atoms with Crippen LogP contribution < -0.4 is 5.32 Å². The molecule has 1 N–H and O–H groups in total. The molecule has 1 amide bonds. The summed E-state index contributed by atoms with van der Waals surface area (Å²) in [5, 5.41) is 5.33. The van der Waals surface area contributed by atoms with Crippen molar-refractivity contribution >= 4 is 26.5 Å². The molecule has 3 aromatic rings. The topological polar surface area (TPSA) is 79.6 Å². The van der Waals surface area contributed by atoms with Crippen LogP contribution in [-0.4, -0.2) is 43.3 Å². The van der Waals surface area contributed by atoms with Crippen molar-refractivity contribution in [2.24, 2.45) is 0 Å². The van der Waals surface area contributed by atoms with E-state index in [1.54, 1.807) is 12.3 Å². The molecule has 2 aromatic carbocycles. The number of nitrogens with one attached hydrogen (secondary N) is 1. The average molecular weight is 427 g/mol. The Balaban J connectivity index is 1.48. The molecule has 0 aliphatic carbocycles. The molecule has 6 nitrogen and oxygen atoms in total. The zero-order chi connectivity index (χ0) is 21.1. The fraction of sp³-hybridized carbons (Fsp3) is 0.348. The number of carbonyl (C=O) groups is 1. The number of nitrogens with zero attached hydrogens (tertiary/aromatic N) is 1. The molecule has 1 fully saturated rings. The van der Waals surface area contributed by atoms with E-state index < -0.39 is 9.84 Å². The first-order valence-electron chi connectivity index (χ1n) is 10.2. The third kappa shape index (κ3) is 4.74. The Kier molecular flexibility index (Phi) is 5.92. The zero-order valence-corrected chi connectivity index (χ0v) is 17.8. The number of rotatable bonds is 7. The molecular formula is C23H26N2O4S. The number of carbonyl (C=O) groups excluding carboxylic acids is 1. The molecule has 1 aliphatic heterocycles. The highest BCUT2D eigenvalue weighted by atomic mass is 32.2. The van der Waals surface area contributed by atoms with E-state index in [1.807, 2.05) is 42.2 Å². The molecule has 0 spiro atoms. The number of furan rings is 1. The summed E-state index contributed by atoms with van der Waals surface area (Å²) in [6, 6.07) is 17.5. The minimum absolute atomic E-state index is 0.0832. The van der Waals surface area contributed by atoms with Crippen molar-refractivity contribution in [2.45, 2.75) is 32.0 Å². The van der Waals surface area contributed by atoms with Gasteiger partial charge < -0.3 is 9.73 Å². The highest BCUT2D eigenvalue weighted by Crippen LogP contribution is 2.24. The van der Waals surface area contributed by atoms with Gasteiger partial charge in [0.15, 0.2) is 9.84 Å². The summed E-state index contributed by atoms with van der Waals surface area (Å²) in [5.74, 6) is 0.834. The summed E-state index contributed by atoms with van der Waals surface area (Å²) in [4.78, 5) is 14.8. The normalized spacial score (nSPS) is 19.2. The molecule has 7 heteroatoms. The van der Waals surface area contributed by atoms with Gasteiger partial charge in [-0.2, -0.15) is 0 Å². The first-order chi connectivity index (χ1) is 14.4. The van der Waals surface area contributed by atoms with Gasteiger partial charge in [0, 0.05) is 6.04 Å². The minimum Gasteiger partial charge on any atom is -0.468 e. The summed E-state index contributed by atoms with van der Waals surface area (Å²) in [7, 11) is -3.05. The second kappa shape index (κ2) is 8.62. The van der Waals surface area contributed by atoms with Crippen LogP contribution >= 0.6 is 0 Å². The Bertz CT molecular complexity index is 1120. The number of amides is 1. The zero-order valence-electron chi connectivity index (χ0n) is 17.0. The lowest BCUT2D eigenvalue weighted by atomic mass is 10.00. The van der Waals surface area contributed by atoms with Crippen LogP contribution in [0.2, 0.25) is 0 Å². The Morgan fingerprint density at radius 1 is 1.17 bits per heavy atom. The molecule has 1 aliphatic rings. The summed E-state index contributed by atoms with van der Waals surface area (Å²) in [6.45, 7) is 2.50. The van der Waals surface area contributed by atoms with Crippen molar-refractivity contribution in [3.05, 3.63) is 72.2 Å². The first-order valence-corrected chi connectivity index (χ1v) is 12.0. The van der Waals surface area contributed by atoms with Gasteiger partial charge in [0.1, 0.15) is 5.76 Å². The Morgan fingerprint density at radius 3 is 2.70 bits per heavy atom. The van der Waals surface area contributed by atoms with Crippen LogP contribution in [0, 0.1) is 0 Å². The second-order valence-corrected chi connectivity index (χ2v) is 10.1. The third-order valence-electron chi connectivity index (χ3n) is 5.68. The minimum atomic E-state index is -3.05. The quantitative estimate of drug-likeness (QED) is 0.627. The van der Waals surface area contributed by atoms with E-state index >= 15 is 0 Å². The lowest BCUT2D eigenvalue weighted by Gasteiger charge is -2.27. The van der Waals surface area contributed by atoms with E-state index in [9.17, 15) is 13.2 Å². The molecule has 2 heterocycles. The number of hydrogen-bond donors (Lipinski definition) is 1. The maximum Gasteiger partial charge on any atom is 0.234 e. The fourth-order valence-electron chi connectivity index (χ4n) is 4.16. The highest BCUT2D eigenvalue weighted by molar-refractivity contribution is 7.91. The second-order valence-electron chi connectivity index (χ2n) is 7.90. The smallest absolute Gasteiger partial charge is 0.234 e. The van der Waals surface area contributed by atoms with Crippen LogP contribution in [-0.2, 0) is 21.2 Å². The van der Waals surface area contributed by atoms with Gasteiger partial charge in [-0.25, -0.2) is 8.42 Å². The first kappa shape index (κ1) is 20.6. The van der Waals surface area contributed by atoms with Gasteiger partial charge >= 0.3 is 0 Å². The van der Waals surface area contributed by atoms with Crippen LogP contribution in [0.15, 0.2) is 65.3 Å². The van der Waals surface area contributed by atoms with Crippen molar-refractivity contribution in [1.82, 2.24) is 10.2 Å². The van der Waals surface area contributed by atoms with Gasteiger partial charge in [-0.05, 0) is 41.8 Å². The van der Waals surface area contributed by atoms with Crippen LogP contribution in [0.5, 0.6) is 0 Å². The van der Waals surface area contributed by atoms with Crippen molar-refractivity contribution in [1.29, 1.82) is 0 Å².